The average molecular weight is 484 g/mol. The van der Waals surface area contributed by atoms with Crippen LogP contribution in [0, 0.1) is 0 Å². The van der Waals surface area contributed by atoms with E-state index in [0.29, 0.717) is 36.1 Å². The molecule has 2 aromatic carbocycles. The van der Waals surface area contributed by atoms with Gasteiger partial charge in [-0.2, -0.15) is 0 Å². The van der Waals surface area contributed by atoms with E-state index in [4.69, 9.17) is 15.2 Å². The molecule has 0 saturated carbocycles. The van der Waals surface area contributed by atoms with Gasteiger partial charge in [-0.25, -0.2) is 0 Å². The van der Waals surface area contributed by atoms with Crippen molar-refractivity contribution in [2.45, 2.75) is 13.1 Å². The number of hydrogen-bond donors (Lipinski definition) is 3. The summed E-state index contributed by atoms with van der Waals surface area (Å²) in [6.07, 6.45) is 0. The smallest absolute Gasteiger partial charge is 0.248 e. The van der Waals surface area contributed by atoms with Crippen LogP contribution in [0.5, 0.6) is 11.5 Å². The number of nitrogens with two attached hydrogens (primary N) is 1. The number of hydrogen-bond acceptors (Lipinski definition) is 4. The lowest BCUT2D eigenvalue weighted by molar-refractivity contribution is 0.100. The fraction of sp³-hybridized carbons (Fsp3) is 0.263. The molecule has 27 heavy (non-hydrogen) atoms. The Morgan fingerprint density at radius 1 is 0.963 bits per heavy atom. The zero-order chi connectivity index (χ0) is 18.9. The lowest BCUT2D eigenvalue weighted by Gasteiger charge is -2.13. The van der Waals surface area contributed by atoms with Crippen LogP contribution in [0.4, 0.5) is 0 Å². The highest BCUT2D eigenvalue weighted by Crippen LogP contribution is 2.27. The van der Waals surface area contributed by atoms with Crippen molar-refractivity contribution >= 4 is 35.8 Å². The summed E-state index contributed by atoms with van der Waals surface area (Å²) in [5, 5.41) is 6.47. The molecule has 7 nitrogen and oxygen atoms in total. The number of nitrogens with zero attached hydrogens (tertiary/aromatic N) is 1. The van der Waals surface area contributed by atoms with E-state index in [1.165, 1.54) is 0 Å². The van der Waals surface area contributed by atoms with Crippen LogP contribution >= 0.6 is 24.0 Å². The largest absolute Gasteiger partial charge is 0.493 e. The van der Waals surface area contributed by atoms with Crippen molar-refractivity contribution in [2.24, 2.45) is 10.7 Å². The van der Waals surface area contributed by atoms with Crippen LogP contribution in [0.15, 0.2) is 47.5 Å². The maximum atomic E-state index is 11.1. The quantitative estimate of drug-likeness (QED) is 0.318. The van der Waals surface area contributed by atoms with E-state index < -0.39 is 5.91 Å². The maximum absolute atomic E-state index is 11.1. The van der Waals surface area contributed by atoms with Crippen LogP contribution in [0.3, 0.4) is 0 Å². The van der Waals surface area contributed by atoms with Crippen molar-refractivity contribution in [3.05, 3.63) is 59.2 Å². The predicted molar refractivity (Wildman–Crippen MR) is 117 cm³/mol. The molecule has 0 aliphatic rings. The molecular formula is C19H25IN4O3. The summed E-state index contributed by atoms with van der Waals surface area (Å²) in [6.45, 7) is 1.16. The highest BCUT2D eigenvalue weighted by atomic mass is 127. The molecule has 0 fully saturated rings. The zero-order valence-electron chi connectivity index (χ0n) is 15.6. The van der Waals surface area contributed by atoms with Crippen LogP contribution in [-0.4, -0.2) is 33.1 Å². The SMILES string of the molecule is CN=C(NCc1ccc(C(N)=O)cc1)NCc1ccc(OC)c(OC)c1.I. The number of carbonyl (C=O) groups excluding carboxylic acids is 1. The second-order valence-electron chi connectivity index (χ2n) is 5.53. The first kappa shape index (κ1) is 22.6. The molecule has 8 heteroatoms. The Morgan fingerprint density at radius 3 is 2.04 bits per heavy atom. The molecule has 0 radical (unpaired) electrons. The van der Waals surface area contributed by atoms with E-state index in [0.717, 1.165) is 11.1 Å². The molecule has 0 aliphatic heterocycles. The molecule has 0 aliphatic carbocycles. The number of guanidine groups is 1. The summed E-state index contributed by atoms with van der Waals surface area (Å²) in [7, 11) is 4.93. The molecule has 1 amide bonds. The minimum atomic E-state index is -0.433. The third-order valence-corrected chi connectivity index (χ3v) is 3.83. The van der Waals surface area contributed by atoms with E-state index in [9.17, 15) is 4.79 Å². The van der Waals surface area contributed by atoms with Gasteiger partial charge < -0.3 is 25.8 Å². The van der Waals surface area contributed by atoms with Gasteiger partial charge in [-0.15, -0.1) is 24.0 Å². The van der Waals surface area contributed by atoms with Gasteiger partial charge in [-0.1, -0.05) is 18.2 Å². The first-order valence-corrected chi connectivity index (χ1v) is 8.11. The van der Waals surface area contributed by atoms with Crippen LogP contribution in [0.25, 0.3) is 0 Å². The molecule has 146 valence electrons. The lowest BCUT2D eigenvalue weighted by Crippen LogP contribution is -2.36. The molecule has 0 heterocycles. The monoisotopic (exact) mass is 484 g/mol. The summed E-state index contributed by atoms with van der Waals surface area (Å²) in [6, 6.07) is 12.9. The summed E-state index contributed by atoms with van der Waals surface area (Å²) < 4.78 is 10.5. The van der Waals surface area contributed by atoms with Gasteiger partial charge >= 0.3 is 0 Å². The molecule has 0 bridgehead atoms. The fourth-order valence-electron chi connectivity index (χ4n) is 2.37. The summed E-state index contributed by atoms with van der Waals surface area (Å²) in [4.78, 5) is 15.3. The van der Waals surface area contributed by atoms with Gasteiger partial charge in [0.2, 0.25) is 5.91 Å². The number of benzene rings is 2. The van der Waals surface area contributed by atoms with E-state index in [2.05, 4.69) is 15.6 Å². The van der Waals surface area contributed by atoms with Gasteiger partial charge in [0, 0.05) is 25.7 Å². The predicted octanol–water partition coefficient (Wildman–Crippen LogP) is 2.29. The van der Waals surface area contributed by atoms with Gasteiger partial charge in [-0.05, 0) is 35.4 Å². The first-order valence-electron chi connectivity index (χ1n) is 8.11. The first-order chi connectivity index (χ1) is 12.6. The van der Waals surface area contributed by atoms with Crippen molar-refractivity contribution in [1.82, 2.24) is 10.6 Å². The summed E-state index contributed by atoms with van der Waals surface area (Å²) in [5.74, 6) is 1.61. The second kappa shape index (κ2) is 11.3. The number of ether oxygens (including phenoxy) is 2. The number of primary amides is 1. The second-order valence-corrected chi connectivity index (χ2v) is 5.53. The Hall–Kier alpha value is -2.49. The number of rotatable bonds is 7. The Kier molecular flexibility index (Phi) is 9.41. The Labute approximate surface area is 176 Å². The lowest BCUT2D eigenvalue weighted by atomic mass is 10.1. The van der Waals surface area contributed by atoms with E-state index in [1.54, 1.807) is 33.4 Å². The van der Waals surface area contributed by atoms with Crippen molar-refractivity contribution in [1.29, 1.82) is 0 Å². The van der Waals surface area contributed by atoms with Gasteiger partial charge in [0.15, 0.2) is 17.5 Å². The zero-order valence-corrected chi connectivity index (χ0v) is 17.9. The Morgan fingerprint density at radius 2 is 1.52 bits per heavy atom. The average Bonchev–Trinajstić information content (AvgIpc) is 2.68. The van der Waals surface area contributed by atoms with E-state index in [-0.39, 0.29) is 24.0 Å². The van der Waals surface area contributed by atoms with Crippen LogP contribution in [0.2, 0.25) is 0 Å². The summed E-state index contributed by atoms with van der Waals surface area (Å²) >= 11 is 0. The highest BCUT2D eigenvalue weighted by Gasteiger charge is 2.06. The number of aliphatic imine (C=N–C) groups is 1. The van der Waals surface area contributed by atoms with Gasteiger partial charge in [0.05, 0.1) is 14.2 Å². The highest BCUT2D eigenvalue weighted by molar-refractivity contribution is 14.0. The van der Waals surface area contributed by atoms with Gasteiger partial charge in [0.25, 0.3) is 0 Å². The van der Waals surface area contributed by atoms with Gasteiger partial charge in [0.1, 0.15) is 0 Å². The summed E-state index contributed by atoms with van der Waals surface area (Å²) in [5.41, 5.74) is 7.79. The number of carbonyl (C=O) groups is 1. The number of methoxy groups -OCH3 is 2. The third kappa shape index (κ3) is 6.63. The molecule has 0 spiro atoms. The molecule has 2 aromatic rings. The number of nitrogens with one attached hydrogen (secondary N) is 2. The van der Waals surface area contributed by atoms with E-state index in [1.807, 2.05) is 30.3 Å². The molecule has 4 N–H and O–H groups in total. The van der Waals surface area contributed by atoms with Crippen LogP contribution in [0.1, 0.15) is 21.5 Å². The molecule has 0 aromatic heterocycles. The topological polar surface area (TPSA) is 98.0 Å². The Bertz CT molecular complexity index is 779. The normalized spacial score (nSPS) is 10.6. The van der Waals surface area contributed by atoms with E-state index >= 15 is 0 Å². The van der Waals surface area contributed by atoms with Gasteiger partial charge in [-0.3, -0.25) is 9.79 Å². The molecular weight excluding hydrogens is 459 g/mol. The molecule has 0 unspecified atom stereocenters. The minimum Gasteiger partial charge on any atom is -0.493 e. The Balaban J connectivity index is 0.00000364. The maximum Gasteiger partial charge on any atom is 0.248 e. The van der Waals surface area contributed by atoms with Crippen molar-refractivity contribution < 1.29 is 14.3 Å². The van der Waals surface area contributed by atoms with Crippen LogP contribution < -0.4 is 25.8 Å². The molecule has 0 atom stereocenters. The van der Waals surface area contributed by atoms with Crippen molar-refractivity contribution in [2.75, 3.05) is 21.3 Å². The number of halogens is 1. The van der Waals surface area contributed by atoms with Crippen molar-refractivity contribution in [3.63, 3.8) is 0 Å². The van der Waals surface area contributed by atoms with Crippen molar-refractivity contribution in [3.8, 4) is 11.5 Å². The standard InChI is InChI=1S/C19H24N4O3.HI/c1-21-19(22-11-13-4-7-15(8-5-13)18(20)24)23-12-14-6-9-16(25-2)17(10-14)26-3;/h4-10H,11-12H2,1-3H3,(H2,20,24)(H2,21,22,23);1H. The van der Waals surface area contributed by atoms with Crippen LogP contribution in [-0.2, 0) is 13.1 Å². The third-order valence-electron chi connectivity index (χ3n) is 3.83. The molecule has 0 saturated heterocycles. The number of amides is 1. The molecule has 2 rings (SSSR count). The minimum absolute atomic E-state index is 0. The fourth-order valence-corrected chi connectivity index (χ4v) is 2.37.